The van der Waals surface area contributed by atoms with Crippen molar-refractivity contribution in [3.05, 3.63) is 41.5 Å². The Balaban J connectivity index is 1.60. The molecule has 0 aromatic heterocycles. The summed E-state index contributed by atoms with van der Waals surface area (Å²) in [5.74, 6) is -2.71. The Morgan fingerprint density at radius 2 is 1.60 bits per heavy atom. The van der Waals surface area contributed by atoms with E-state index < -0.39 is 36.4 Å². The number of carbonyl (C=O) groups is 4. The molecule has 3 atom stereocenters. The van der Waals surface area contributed by atoms with E-state index in [1.165, 1.54) is 6.92 Å². The number of fused-ring (bicyclic) bond motifs is 1. The quantitative estimate of drug-likeness (QED) is 0.422. The van der Waals surface area contributed by atoms with Crippen molar-refractivity contribution in [3.63, 3.8) is 0 Å². The normalized spacial score (nSPS) is 21.4. The van der Waals surface area contributed by atoms with E-state index in [-0.39, 0.29) is 11.8 Å². The molecule has 0 spiro atoms. The third kappa shape index (κ3) is 4.15. The van der Waals surface area contributed by atoms with Crippen LogP contribution >= 0.6 is 0 Å². The number of hydrogen-bond acceptors (Lipinski definition) is 5. The second kappa shape index (κ2) is 9.24. The van der Waals surface area contributed by atoms with Crippen molar-refractivity contribution >= 4 is 29.4 Å². The Morgan fingerprint density at radius 1 is 1.07 bits per heavy atom. The van der Waals surface area contributed by atoms with E-state index in [4.69, 9.17) is 4.74 Å². The van der Waals surface area contributed by atoms with Gasteiger partial charge in [0.05, 0.1) is 11.8 Å². The van der Waals surface area contributed by atoms with Crippen LogP contribution in [0.3, 0.4) is 0 Å². The van der Waals surface area contributed by atoms with Gasteiger partial charge in [-0.15, -0.1) is 0 Å². The zero-order valence-corrected chi connectivity index (χ0v) is 17.6. The number of rotatable bonds is 7. The highest BCUT2D eigenvalue weighted by Crippen LogP contribution is 2.36. The first-order chi connectivity index (χ1) is 14.4. The average Bonchev–Trinajstić information content (AvgIpc) is 3.02. The van der Waals surface area contributed by atoms with Crippen molar-refractivity contribution in [1.29, 1.82) is 0 Å². The first kappa shape index (κ1) is 21.7. The summed E-state index contributed by atoms with van der Waals surface area (Å²) in [6.07, 6.45) is 6.32. The van der Waals surface area contributed by atoms with Crippen molar-refractivity contribution in [2.75, 3.05) is 11.9 Å². The number of allylic oxidation sites excluding steroid dienone is 2. The Labute approximate surface area is 176 Å². The van der Waals surface area contributed by atoms with Crippen LogP contribution in [0.4, 0.5) is 5.69 Å². The van der Waals surface area contributed by atoms with E-state index in [9.17, 15) is 19.2 Å². The van der Waals surface area contributed by atoms with Gasteiger partial charge in [-0.05, 0) is 43.7 Å². The van der Waals surface area contributed by atoms with Crippen LogP contribution in [0.1, 0.15) is 44.7 Å². The molecule has 1 N–H and O–H groups in total. The minimum atomic E-state index is -1.06. The summed E-state index contributed by atoms with van der Waals surface area (Å²) in [7, 11) is 0. The maximum absolute atomic E-state index is 12.6. The topological polar surface area (TPSA) is 92.8 Å². The molecule has 30 heavy (non-hydrogen) atoms. The lowest BCUT2D eigenvalue weighted by atomic mass is 9.85. The molecule has 1 aliphatic heterocycles. The summed E-state index contributed by atoms with van der Waals surface area (Å²) in [4.78, 5) is 51.1. The largest absolute Gasteiger partial charge is 0.454 e. The van der Waals surface area contributed by atoms with Gasteiger partial charge in [0.1, 0.15) is 6.04 Å². The van der Waals surface area contributed by atoms with E-state index >= 15 is 0 Å². The predicted molar refractivity (Wildman–Crippen MR) is 111 cm³/mol. The molecule has 1 aromatic carbocycles. The van der Waals surface area contributed by atoms with Crippen molar-refractivity contribution < 1.29 is 23.9 Å². The first-order valence-corrected chi connectivity index (χ1v) is 10.5. The Hall–Kier alpha value is -2.96. The average molecular weight is 412 g/mol. The molecule has 0 radical (unpaired) electrons. The standard InChI is InChI=1S/C23H28N2O5/c1-4-15-9-8-10-16(5-2)20(15)24-19(26)13-30-23(29)14(3)25-21(27)17-11-6-7-12-18(17)22(25)28/h6-10,14,17-18H,4-5,11-13H2,1-3H3,(H,24,26)/t14-,17+,18+/m0/s1. The highest BCUT2D eigenvalue weighted by molar-refractivity contribution is 6.08. The zero-order chi connectivity index (χ0) is 21.8. The van der Waals surface area contributed by atoms with Crippen LogP contribution in [0.2, 0.25) is 0 Å². The first-order valence-electron chi connectivity index (χ1n) is 10.5. The molecule has 7 nitrogen and oxygen atoms in total. The lowest BCUT2D eigenvalue weighted by Gasteiger charge is -2.21. The van der Waals surface area contributed by atoms with E-state index in [0.717, 1.165) is 34.6 Å². The number of imide groups is 1. The molecule has 0 unspecified atom stereocenters. The Morgan fingerprint density at radius 3 is 2.10 bits per heavy atom. The molecule has 1 aromatic rings. The molecule has 3 amide bonds. The highest BCUT2D eigenvalue weighted by atomic mass is 16.5. The fourth-order valence-electron chi connectivity index (χ4n) is 4.15. The summed E-state index contributed by atoms with van der Waals surface area (Å²) in [5, 5.41) is 2.83. The number of benzene rings is 1. The number of ether oxygens (including phenoxy) is 1. The molecular weight excluding hydrogens is 384 g/mol. The summed E-state index contributed by atoms with van der Waals surface area (Å²) in [6.45, 7) is 4.99. The van der Waals surface area contributed by atoms with Gasteiger partial charge in [-0.2, -0.15) is 0 Å². The van der Waals surface area contributed by atoms with Gasteiger partial charge in [-0.25, -0.2) is 4.79 Å². The van der Waals surface area contributed by atoms with Gasteiger partial charge < -0.3 is 10.1 Å². The molecule has 2 aliphatic rings. The number of nitrogens with zero attached hydrogens (tertiary/aromatic N) is 1. The lowest BCUT2D eigenvalue weighted by molar-refractivity contribution is -0.159. The Kier molecular flexibility index (Phi) is 6.70. The molecule has 1 fully saturated rings. The summed E-state index contributed by atoms with van der Waals surface area (Å²) >= 11 is 0. The van der Waals surface area contributed by atoms with Crippen LogP contribution in [0, 0.1) is 11.8 Å². The van der Waals surface area contributed by atoms with Gasteiger partial charge >= 0.3 is 5.97 Å². The number of esters is 1. The van der Waals surface area contributed by atoms with Crippen LogP contribution in [0.15, 0.2) is 30.4 Å². The van der Waals surface area contributed by atoms with Gasteiger partial charge in [0.15, 0.2) is 6.61 Å². The second-order valence-electron chi connectivity index (χ2n) is 7.69. The van der Waals surface area contributed by atoms with Crippen molar-refractivity contribution in [2.45, 2.75) is 52.5 Å². The molecule has 1 aliphatic carbocycles. The summed E-state index contributed by atoms with van der Waals surface area (Å²) < 4.78 is 5.13. The maximum Gasteiger partial charge on any atom is 0.329 e. The smallest absolute Gasteiger partial charge is 0.329 e. The van der Waals surface area contributed by atoms with Crippen LogP contribution in [-0.4, -0.2) is 41.2 Å². The maximum atomic E-state index is 12.6. The van der Waals surface area contributed by atoms with Gasteiger partial charge in [-0.3, -0.25) is 19.3 Å². The van der Waals surface area contributed by atoms with E-state index in [1.807, 2.05) is 44.2 Å². The Bertz CT molecular complexity index is 843. The van der Waals surface area contributed by atoms with E-state index in [0.29, 0.717) is 12.8 Å². The predicted octanol–water partition coefficient (Wildman–Crippen LogP) is 2.63. The van der Waals surface area contributed by atoms with Crippen molar-refractivity contribution in [2.24, 2.45) is 11.8 Å². The number of nitrogens with one attached hydrogen (secondary N) is 1. The highest BCUT2D eigenvalue weighted by Gasteiger charge is 2.50. The molecule has 0 bridgehead atoms. The molecule has 1 heterocycles. The lowest BCUT2D eigenvalue weighted by Crippen LogP contribution is -2.45. The number of amides is 3. The molecule has 3 rings (SSSR count). The van der Waals surface area contributed by atoms with Crippen LogP contribution in [0.5, 0.6) is 0 Å². The summed E-state index contributed by atoms with van der Waals surface area (Å²) in [5.41, 5.74) is 2.76. The number of anilines is 1. The third-order valence-corrected chi connectivity index (χ3v) is 5.88. The van der Waals surface area contributed by atoms with E-state index in [2.05, 4.69) is 5.32 Å². The minimum Gasteiger partial charge on any atom is -0.454 e. The minimum absolute atomic E-state index is 0.340. The SMILES string of the molecule is CCc1cccc(CC)c1NC(=O)COC(=O)[C@H](C)N1C(=O)[C@@H]2CC=CC[C@H]2C1=O. The number of likely N-dealkylation sites (tertiary alicyclic amines) is 1. The van der Waals surface area contributed by atoms with Crippen molar-refractivity contribution in [3.8, 4) is 0 Å². The second-order valence-corrected chi connectivity index (χ2v) is 7.69. The van der Waals surface area contributed by atoms with E-state index in [1.54, 1.807) is 0 Å². The van der Waals surface area contributed by atoms with Gasteiger partial charge in [0.25, 0.3) is 5.91 Å². The molecular formula is C23H28N2O5. The van der Waals surface area contributed by atoms with Gasteiger partial charge in [0.2, 0.25) is 11.8 Å². The van der Waals surface area contributed by atoms with Crippen LogP contribution in [-0.2, 0) is 36.8 Å². The van der Waals surface area contributed by atoms with Crippen LogP contribution < -0.4 is 5.32 Å². The number of para-hydroxylation sites is 1. The molecule has 160 valence electrons. The third-order valence-electron chi connectivity index (χ3n) is 5.88. The zero-order valence-electron chi connectivity index (χ0n) is 17.6. The number of carbonyl (C=O) groups excluding carboxylic acids is 4. The fourth-order valence-corrected chi connectivity index (χ4v) is 4.15. The monoisotopic (exact) mass is 412 g/mol. The number of hydrogen-bond donors (Lipinski definition) is 1. The molecule has 0 saturated carbocycles. The molecule has 1 saturated heterocycles. The van der Waals surface area contributed by atoms with Crippen LogP contribution in [0.25, 0.3) is 0 Å². The van der Waals surface area contributed by atoms with Gasteiger partial charge in [0, 0.05) is 5.69 Å². The summed E-state index contributed by atoms with van der Waals surface area (Å²) in [6, 6.07) is 4.79. The fraction of sp³-hybridized carbons (Fsp3) is 0.478. The number of aryl methyl sites for hydroxylation is 2. The molecule has 7 heteroatoms. The van der Waals surface area contributed by atoms with Crippen molar-refractivity contribution in [1.82, 2.24) is 4.90 Å². The van der Waals surface area contributed by atoms with Gasteiger partial charge in [-0.1, -0.05) is 44.2 Å².